The molecule has 184 valence electrons. The summed E-state index contributed by atoms with van der Waals surface area (Å²) in [6, 6.07) is 28.5. The minimum absolute atomic E-state index is 0.111. The van der Waals surface area contributed by atoms with E-state index in [1.165, 1.54) is 5.56 Å². The SMILES string of the molecule is CC(Nc1ncnc2[nH]c(-c3ccc(NCc4ccc(C=CC(=O)O)cc4)cc3)cc12)c1ccccc1. The van der Waals surface area contributed by atoms with Gasteiger partial charge in [-0.2, -0.15) is 0 Å². The highest BCUT2D eigenvalue weighted by Gasteiger charge is 2.12. The number of benzene rings is 3. The number of fused-ring (bicyclic) bond motifs is 1. The first-order chi connectivity index (χ1) is 18.0. The predicted octanol–water partition coefficient (Wildman–Crippen LogP) is 6.51. The van der Waals surface area contributed by atoms with Gasteiger partial charge in [0.2, 0.25) is 0 Å². The maximum Gasteiger partial charge on any atom is 0.328 e. The van der Waals surface area contributed by atoms with E-state index in [1.54, 1.807) is 12.4 Å². The Kier molecular flexibility index (Phi) is 6.94. The van der Waals surface area contributed by atoms with Gasteiger partial charge in [-0.15, -0.1) is 0 Å². The van der Waals surface area contributed by atoms with E-state index >= 15 is 0 Å². The van der Waals surface area contributed by atoms with Crippen LogP contribution in [-0.2, 0) is 11.3 Å². The molecule has 7 heteroatoms. The third kappa shape index (κ3) is 5.85. The number of anilines is 2. The largest absolute Gasteiger partial charge is 0.478 e. The van der Waals surface area contributed by atoms with Crippen LogP contribution in [0, 0.1) is 0 Å². The number of rotatable bonds is 9. The van der Waals surface area contributed by atoms with Crippen LogP contribution in [0.3, 0.4) is 0 Å². The molecule has 0 saturated heterocycles. The van der Waals surface area contributed by atoms with Crippen molar-refractivity contribution in [3.8, 4) is 11.3 Å². The summed E-state index contributed by atoms with van der Waals surface area (Å²) in [7, 11) is 0. The second kappa shape index (κ2) is 10.8. The van der Waals surface area contributed by atoms with Gasteiger partial charge in [-0.1, -0.05) is 66.7 Å². The van der Waals surface area contributed by atoms with E-state index in [4.69, 9.17) is 5.11 Å². The topological polar surface area (TPSA) is 103 Å². The zero-order chi connectivity index (χ0) is 25.6. The van der Waals surface area contributed by atoms with Gasteiger partial charge >= 0.3 is 5.97 Å². The molecule has 0 aliphatic rings. The second-order valence-electron chi connectivity index (χ2n) is 8.79. The van der Waals surface area contributed by atoms with Crippen molar-refractivity contribution in [1.29, 1.82) is 0 Å². The third-order valence-electron chi connectivity index (χ3n) is 6.17. The molecule has 1 atom stereocenters. The highest BCUT2D eigenvalue weighted by Crippen LogP contribution is 2.29. The lowest BCUT2D eigenvalue weighted by atomic mass is 10.1. The van der Waals surface area contributed by atoms with Crippen molar-refractivity contribution in [2.75, 3.05) is 10.6 Å². The number of carbonyl (C=O) groups is 1. The second-order valence-corrected chi connectivity index (χ2v) is 8.79. The number of carboxylic acid groups (broad SMARTS) is 1. The number of nitrogens with zero attached hydrogens (tertiary/aromatic N) is 2. The first-order valence-corrected chi connectivity index (χ1v) is 12.0. The first kappa shape index (κ1) is 23.8. The van der Waals surface area contributed by atoms with E-state index in [-0.39, 0.29) is 6.04 Å². The van der Waals surface area contributed by atoms with Crippen molar-refractivity contribution in [3.63, 3.8) is 0 Å². The summed E-state index contributed by atoms with van der Waals surface area (Å²) < 4.78 is 0. The van der Waals surface area contributed by atoms with Gasteiger partial charge in [0.05, 0.1) is 5.39 Å². The van der Waals surface area contributed by atoms with Crippen molar-refractivity contribution in [3.05, 3.63) is 114 Å². The van der Waals surface area contributed by atoms with E-state index in [1.807, 2.05) is 54.6 Å². The van der Waals surface area contributed by atoms with Crippen molar-refractivity contribution < 1.29 is 9.90 Å². The van der Waals surface area contributed by atoms with Crippen LogP contribution >= 0.6 is 0 Å². The first-order valence-electron chi connectivity index (χ1n) is 12.0. The number of H-pyrrole nitrogens is 1. The monoisotopic (exact) mass is 489 g/mol. The van der Waals surface area contributed by atoms with E-state index in [0.717, 1.165) is 51.0 Å². The summed E-state index contributed by atoms with van der Waals surface area (Å²) in [6.07, 6.45) is 4.29. The number of hydrogen-bond acceptors (Lipinski definition) is 5. The Bertz CT molecular complexity index is 1520. The molecule has 4 N–H and O–H groups in total. The maximum absolute atomic E-state index is 10.7. The van der Waals surface area contributed by atoms with Crippen LogP contribution in [0.25, 0.3) is 28.4 Å². The normalized spacial score (nSPS) is 12.0. The molecule has 7 nitrogen and oxygen atoms in total. The highest BCUT2D eigenvalue weighted by atomic mass is 16.4. The van der Waals surface area contributed by atoms with Crippen molar-refractivity contribution in [2.45, 2.75) is 19.5 Å². The zero-order valence-electron chi connectivity index (χ0n) is 20.3. The quantitative estimate of drug-likeness (QED) is 0.176. The summed E-state index contributed by atoms with van der Waals surface area (Å²) in [6.45, 7) is 2.78. The molecule has 0 spiro atoms. The molecule has 5 rings (SSSR count). The molecule has 5 aromatic rings. The fourth-order valence-corrected chi connectivity index (χ4v) is 4.13. The molecule has 0 saturated carbocycles. The number of nitrogens with one attached hydrogen (secondary N) is 3. The fraction of sp³-hybridized carbons (Fsp3) is 0.100. The molecule has 1 unspecified atom stereocenters. The lowest BCUT2D eigenvalue weighted by molar-refractivity contribution is -0.131. The van der Waals surface area contributed by atoms with E-state index in [9.17, 15) is 4.79 Å². The van der Waals surface area contributed by atoms with Gasteiger partial charge in [-0.25, -0.2) is 14.8 Å². The third-order valence-corrected chi connectivity index (χ3v) is 6.17. The number of hydrogen-bond donors (Lipinski definition) is 4. The van der Waals surface area contributed by atoms with Gasteiger partial charge in [0.25, 0.3) is 0 Å². The van der Waals surface area contributed by atoms with Crippen molar-refractivity contribution in [1.82, 2.24) is 15.0 Å². The van der Waals surface area contributed by atoms with Crippen LogP contribution < -0.4 is 10.6 Å². The Morgan fingerprint density at radius 3 is 2.49 bits per heavy atom. The van der Waals surface area contributed by atoms with Crippen LogP contribution in [0.2, 0.25) is 0 Å². The molecule has 37 heavy (non-hydrogen) atoms. The van der Waals surface area contributed by atoms with Gasteiger partial charge in [-0.05, 0) is 53.5 Å². The summed E-state index contributed by atoms with van der Waals surface area (Å²) in [5.41, 5.74) is 6.98. The Hall–Kier alpha value is -4.91. The number of carboxylic acids is 1. The van der Waals surface area contributed by atoms with E-state index < -0.39 is 5.97 Å². The Labute approximate surface area is 214 Å². The summed E-state index contributed by atoms with van der Waals surface area (Å²) in [5, 5.41) is 16.6. The summed E-state index contributed by atoms with van der Waals surface area (Å²) >= 11 is 0. The maximum atomic E-state index is 10.7. The Morgan fingerprint density at radius 2 is 1.76 bits per heavy atom. The van der Waals surface area contributed by atoms with E-state index in [2.05, 4.69) is 62.8 Å². The lowest BCUT2D eigenvalue weighted by Crippen LogP contribution is -2.08. The molecule has 0 bridgehead atoms. The van der Waals surface area contributed by atoms with Crippen LogP contribution in [0.15, 0.2) is 97.3 Å². The molecule has 0 amide bonds. The standard InChI is InChI=1S/C30H27N5O2/c1-20(23-5-3-2-4-6-23)34-29-26-17-27(35-30(26)33-19-32-29)24-12-14-25(15-13-24)31-18-22-9-7-21(8-10-22)11-16-28(36)37/h2-17,19-20,31H,18H2,1H3,(H,36,37)(H2,32,33,34,35). The number of aromatic amines is 1. The van der Waals surface area contributed by atoms with Gasteiger partial charge in [0.1, 0.15) is 17.8 Å². The number of aliphatic carboxylic acids is 1. The molecular weight excluding hydrogens is 462 g/mol. The fourth-order valence-electron chi connectivity index (χ4n) is 4.13. The molecular formula is C30H27N5O2. The Morgan fingerprint density at radius 1 is 1.00 bits per heavy atom. The summed E-state index contributed by atoms with van der Waals surface area (Å²) in [5.74, 6) is -0.157. The molecule has 2 heterocycles. The van der Waals surface area contributed by atoms with Crippen LogP contribution in [0.4, 0.5) is 11.5 Å². The van der Waals surface area contributed by atoms with Gasteiger partial charge in [0.15, 0.2) is 0 Å². The minimum atomic E-state index is -0.954. The van der Waals surface area contributed by atoms with Gasteiger partial charge < -0.3 is 20.7 Å². The smallest absolute Gasteiger partial charge is 0.328 e. The average Bonchev–Trinajstić information content (AvgIpc) is 3.37. The molecule has 3 aromatic carbocycles. The van der Waals surface area contributed by atoms with E-state index in [0.29, 0.717) is 6.54 Å². The van der Waals surface area contributed by atoms with Gasteiger partial charge in [0, 0.05) is 30.0 Å². The lowest BCUT2D eigenvalue weighted by Gasteiger charge is -2.15. The van der Waals surface area contributed by atoms with Gasteiger partial charge in [-0.3, -0.25) is 0 Å². The minimum Gasteiger partial charge on any atom is -0.478 e. The van der Waals surface area contributed by atoms with Crippen LogP contribution in [0.1, 0.15) is 29.7 Å². The number of aromatic nitrogens is 3. The molecule has 0 fully saturated rings. The van der Waals surface area contributed by atoms with Crippen molar-refractivity contribution >= 4 is 34.6 Å². The zero-order valence-corrected chi connectivity index (χ0v) is 20.3. The molecule has 2 aromatic heterocycles. The summed E-state index contributed by atoms with van der Waals surface area (Å²) in [4.78, 5) is 23.0. The molecule has 0 radical (unpaired) electrons. The average molecular weight is 490 g/mol. The Balaban J connectivity index is 1.26. The van der Waals surface area contributed by atoms with Crippen LogP contribution in [-0.4, -0.2) is 26.0 Å². The van der Waals surface area contributed by atoms with Crippen molar-refractivity contribution in [2.24, 2.45) is 0 Å². The van der Waals surface area contributed by atoms with Crippen LogP contribution in [0.5, 0.6) is 0 Å². The molecule has 0 aliphatic carbocycles. The highest BCUT2D eigenvalue weighted by molar-refractivity contribution is 5.91. The predicted molar refractivity (Wildman–Crippen MR) is 148 cm³/mol. The molecule has 0 aliphatic heterocycles.